The van der Waals surface area contributed by atoms with Gasteiger partial charge in [0.05, 0.1) is 17.1 Å². The summed E-state index contributed by atoms with van der Waals surface area (Å²) in [6.45, 7) is 7.37. The summed E-state index contributed by atoms with van der Waals surface area (Å²) in [5.74, 6) is 0.0628. The van der Waals surface area contributed by atoms with Crippen molar-refractivity contribution in [1.82, 2.24) is 9.62 Å². The van der Waals surface area contributed by atoms with Crippen LogP contribution in [0.25, 0.3) is 0 Å². The Bertz CT molecular complexity index is 1100. The van der Waals surface area contributed by atoms with Crippen LogP contribution in [0.4, 0.5) is 4.39 Å². The van der Waals surface area contributed by atoms with Crippen LogP contribution in [0.5, 0.6) is 0 Å². The maximum absolute atomic E-state index is 13.1. The molecule has 180 valence electrons. The number of nitrogens with one attached hydrogen (secondary N) is 1. The lowest BCUT2D eigenvalue weighted by Crippen LogP contribution is -2.54. The Kier molecular flexibility index (Phi) is 6.42. The molecule has 1 saturated heterocycles. The summed E-state index contributed by atoms with van der Waals surface area (Å²) in [5.41, 5.74) is 1.32. The molecule has 2 atom stereocenters. The molecule has 0 bridgehead atoms. The molecule has 3 heterocycles. The van der Waals surface area contributed by atoms with Crippen LogP contribution < -0.4 is 4.72 Å². The van der Waals surface area contributed by atoms with E-state index in [1.807, 2.05) is 11.3 Å². The fraction of sp³-hybridized carbons (Fsp3) is 0.600. The first-order valence-electron chi connectivity index (χ1n) is 12.1. The van der Waals surface area contributed by atoms with E-state index < -0.39 is 15.8 Å². The second-order valence-corrected chi connectivity index (χ2v) is 12.8. The number of sulfonamides is 1. The van der Waals surface area contributed by atoms with E-state index in [4.69, 9.17) is 4.74 Å². The minimum Gasteiger partial charge on any atom is -0.370 e. The molecule has 1 aliphatic carbocycles. The smallest absolute Gasteiger partial charge is 0.240 e. The van der Waals surface area contributed by atoms with Gasteiger partial charge in [0.1, 0.15) is 5.82 Å². The average molecular weight is 493 g/mol. The Labute approximate surface area is 200 Å². The Morgan fingerprint density at radius 1 is 1.27 bits per heavy atom. The van der Waals surface area contributed by atoms with Gasteiger partial charge in [-0.05, 0) is 80.8 Å². The van der Waals surface area contributed by atoms with Crippen molar-refractivity contribution in [3.05, 3.63) is 51.5 Å². The van der Waals surface area contributed by atoms with E-state index in [-0.39, 0.29) is 16.5 Å². The van der Waals surface area contributed by atoms with Crippen molar-refractivity contribution in [2.24, 2.45) is 5.92 Å². The monoisotopic (exact) mass is 492 g/mol. The zero-order valence-corrected chi connectivity index (χ0v) is 21.0. The van der Waals surface area contributed by atoms with Gasteiger partial charge in [-0.1, -0.05) is 6.92 Å². The normalized spacial score (nSPS) is 30.2. The number of benzene rings is 1. The number of hydrogen-bond donors (Lipinski definition) is 1. The minimum absolute atomic E-state index is 0.0426. The summed E-state index contributed by atoms with van der Waals surface area (Å²) in [5, 5.41) is 0. The number of thiophene rings is 1. The van der Waals surface area contributed by atoms with Gasteiger partial charge < -0.3 is 9.64 Å². The summed E-state index contributed by atoms with van der Waals surface area (Å²) < 4.78 is 47.4. The molecule has 1 saturated carbocycles. The Balaban J connectivity index is 1.15. The molecule has 1 N–H and O–H groups in total. The van der Waals surface area contributed by atoms with Crippen LogP contribution in [0, 0.1) is 11.7 Å². The van der Waals surface area contributed by atoms with E-state index in [2.05, 4.69) is 29.5 Å². The van der Waals surface area contributed by atoms with Crippen molar-refractivity contribution in [2.75, 3.05) is 19.7 Å². The number of nitrogens with zero attached hydrogens (tertiary/aromatic N) is 1. The highest BCUT2D eigenvalue weighted by molar-refractivity contribution is 7.89. The Morgan fingerprint density at radius 3 is 2.73 bits per heavy atom. The lowest BCUT2D eigenvalue weighted by Gasteiger charge is -2.49. The fourth-order valence-corrected chi connectivity index (χ4v) is 8.20. The van der Waals surface area contributed by atoms with Crippen LogP contribution in [-0.2, 0) is 33.2 Å². The van der Waals surface area contributed by atoms with E-state index in [9.17, 15) is 12.8 Å². The molecule has 0 amide bonds. The second kappa shape index (κ2) is 9.04. The number of fused-ring (bicyclic) bond motifs is 2. The minimum atomic E-state index is -3.60. The van der Waals surface area contributed by atoms with Gasteiger partial charge in [0.15, 0.2) is 0 Å². The van der Waals surface area contributed by atoms with Crippen molar-refractivity contribution < 1.29 is 17.5 Å². The van der Waals surface area contributed by atoms with Crippen LogP contribution in [-0.4, -0.2) is 45.1 Å². The maximum Gasteiger partial charge on any atom is 0.240 e. The quantitative estimate of drug-likeness (QED) is 0.647. The molecule has 5 nitrogen and oxygen atoms in total. The third kappa shape index (κ3) is 4.65. The topological polar surface area (TPSA) is 58.6 Å². The summed E-state index contributed by atoms with van der Waals surface area (Å²) in [4.78, 5) is 5.66. The molecule has 2 aliphatic heterocycles. The number of halogens is 1. The maximum atomic E-state index is 13.1. The number of rotatable bonds is 6. The molecule has 1 aromatic carbocycles. The fourth-order valence-electron chi connectivity index (χ4n) is 5.76. The first-order chi connectivity index (χ1) is 15.8. The van der Waals surface area contributed by atoms with Crippen LogP contribution in [0.1, 0.15) is 54.8 Å². The SMILES string of the molecule is CCc1cc2c(s1)CCO[C@@]21CCN(CC2CC(NS(=O)(=O)c3ccc(F)cc3)C2)[C@@H](C)C1. The molecule has 2 fully saturated rings. The van der Waals surface area contributed by atoms with Gasteiger partial charge in [0.25, 0.3) is 0 Å². The number of ether oxygens (including phenoxy) is 1. The third-order valence-electron chi connectivity index (χ3n) is 7.63. The van der Waals surface area contributed by atoms with Crippen molar-refractivity contribution >= 4 is 21.4 Å². The van der Waals surface area contributed by atoms with E-state index in [0.717, 1.165) is 58.2 Å². The van der Waals surface area contributed by atoms with E-state index in [1.165, 1.54) is 39.6 Å². The van der Waals surface area contributed by atoms with E-state index in [0.29, 0.717) is 12.0 Å². The van der Waals surface area contributed by atoms with Gasteiger partial charge in [-0.2, -0.15) is 0 Å². The van der Waals surface area contributed by atoms with Gasteiger partial charge in [0, 0.05) is 41.3 Å². The van der Waals surface area contributed by atoms with E-state index in [1.54, 1.807) is 0 Å². The molecule has 1 aromatic heterocycles. The van der Waals surface area contributed by atoms with Crippen molar-refractivity contribution in [2.45, 2.75) is 75.0 Å². The Hall–Kier alpha value is -1.32. The second-order valence-electron chi connectivity index (χ2n) is 9.90. The van der Waals surface area contributed by atoms with Crippen LogP contribution in [0.3, 0.4) is 0 Å². The zero-order valence-electron chi connectivity index (χ0n) is 19.3. The Morgan fingerprint density at radius 2 is 2.03 bits per heavy atom. The average Bonchev–Trinajstić information content (AvgIpc) is 3.19. The number of likely N-dealkylation sites (tertiary alicyclic amines) is 1. The molecule has 2 aromatic rings. The standard InChI is InChI=1S/C25H33FN2O3S2/c1-3-21-14-23-24(32-21)8-11-31-25(23)9-10-28(17(2)15-25)16-18-12-20(13-18)27-33(29,30)22-6-4-19(26)5-7-22/h4-7,14,17-18,20,27H,3,8-13,15-16H2,1-2H3/t17-,18?,20?,25+/m0/s1. The van der Waals surface area contributed by atoms with Crippen LogP contribution in [0.15, 0.2) is 35.2 Å². The van der Waals surface area contributed by atoms with Gasteiger partial charge in [-0.15, -0.1) is 11.3 Å². The predicted octanol–water partition coefficient (Wildman–Crippen LogP) is 4.46. The molecular formula is C25H33FN2O3S2. The first kappa shape index (κ1) is 23.4. The summed E-state index contributed by atoms with van der Waals surface area (Å²) in [6.07, 6.45) is 5.87. The van der Waals surface area contributed by atoms with Gasteiger partial charge in [-0.3, -0.25) is 0 Å². The van der Waals surface area contributed by atoms with Crippen molar-refractivity contribution in [3.63, 3.8) is 0 Å². The molecule has 5 rings (SSSR count). The highest BCUT2D eigenvalue weighted by atomic mass is 32.2. The molecule has 0 unspecified atom stereocenters. The third-order valence-corrected chi connectivity index (χ3v) is 10.5. The first-order valence-corrected chi connectivity index (χ1v) is 14.4. The number of hydrogen-bond acceptors (Lipinski definition) is 5. The highest BCUT2D eigenvalue weighted by Gasteiger charge is 2.45. The molecule has 33 heavy (non-hydrogen) atoms. The zero-order chi connectivity index (χ0) is 23.2. The number of piperidine rings is 1. The summed E-state index contributed by atoms with van der Waals surface area (Å²) >= 11 is 1.96. The summed E-state index contributed by atoms with van der Waals surface area (Å²) in [7, 11) is -3.60. The highest BCUT2D eigenvalue weighted by Crippen LogP contribution is 2.46. The molecule has 3 aliphatic rings. The van der Waals surface area contributed by atoms with Crippen molar-refractivity contribution in [3.8, 4) is 0 Å². The lowest BCUT2D eigenvalue weighted by molar-refractivity contribution is -0.114. The van der Waals surface area contributed by atoms with Gasteiger partial charge in [-0.25, -0.2) is 17.5 Å². The lowest BCUT2D eigenvalue weighted by atomic mass is 9.77. The molecular weight excluding hydrogens is 459 g/mol. The molecule has 0 radical (unpaired) electrons. The number of aryl methyl sites for hydroxylation is 1. The van der Waals surface area contributed by atoms with Crippen LogP contribution >= 0.6 is 11.3 Å². The van der Waals surface area contributed by atoms with Crippen LogP contribution in [0.2, 0.25) is 0 Å². The summed E-state index contributed by atoms with van der Waals surface area (Å²) in [6, 6.07) is 7.78. The van der Waals surface area contributed by atoms with Gasteiger partial charge >= 0.3 is 0 Å². The van der Waals surface area contributed by atoms with E-state index >= 15 is 0 Å². The predicted molar refractivity (Wildman–Crippen MR) is 129 cm³/mol. The van der Waals surface area contributed by atoms with Crippen molar-refractivity contribution in [1.29, 1.82) is 0 Å². The molecule has 1 spiro atoms. The largest absolute Gasteiger partial charge is 0.370 e. The van der Waals surface area contributed by atoms with Gasteiger partial charge in [0.2, 0.25) is 10.0 Å². The molecule has 8 heteroatoms.